The van der Waals surface area contributed by atoms with Gasteiger partial charge in [-0.05, 0) is 6.92 Å². The molecular weight excluding hydrogens is 120 g/mol. The topological polar surface area (TPSA) is 60.7 Å². The van der Waals surface area contributed by atoms with E-state index in [1.165, 1.54) is 6.92 Å². The van der Waals surface area contributed by atoms with Gasteiger partial charge in [0.2, 0.25) is 0 Å². The van der Waals surface area contributed by atoms with Crippen LogP contribution in [-0.4, -0.2) is 27.2 Å². The van der Waals surface area contributed by atoms with Crippen LogP contribution < -0.4 is 0 Å². The fraction of sp³-hybridized carbons (Fsp3) is 1.00. The van der Waals surface area contributed by atoms with Gasteiger partial charge in [0.05, 0.1) is 0 Å². The Morgan fingerprint density at radius 3 is 1.44 bits per heavy atom. The number of hydrogen-bond donors (Lipinski definition) is 3. The van der Waals surface area contributed by atoms with Crippen LogP contribution in [-0.2, 0) is 0 Å². The molecule has 0 aromatic rings. The molecule has 0 rings (SSSR count). The summed E-state index contributed by atoms with van der Waals surface area (Å²) in [4.78, 5) is 0. The first-order valence-corrected chi connectivity index (χ1v) is 3.01. The maximum absolute atomic E-state index is 8.97. The molecule has 0 saturated heterocycles. The van der Waals surface area contributed by atoms with Crippen molar-refractivity contribution in [3.63, 3.8) is 0 Å². The van der Waals surface area contributed by atoms with Gasteiger partial charge in [-0.1, -0.05) is 13.8 Å². The van der Waals surface area contributed by atoms with E-state index in [1.807, 2.05) is 0 Å². The summed E-state index contributed by atoms with van der Waals surface area (Å²) < 4.78 is 0. The molecule has 0 aliphatic heterocycles. The largest absolute Gasteiger partial charge is 0.388 e. The van der Waals surface area contributed by atoms with Crippen molar-refractivity contribution in [1.82, 2.24) is 0 Å². The molecule has 56 valence electrons. The van der Waals surface area contributed by atoms with Gasteiger partial charge in [0, 0.05) is 5.92 Å². The van der Waals surface area contributed by atoms with Gasteiger partial charge in [0.1, 0.15) is 6.10 Å². The summed E-state index contributed by atoms with van der Waals surface area (Å²) >= 11 is 0. The van der Waals surface area contributed by atoms with E-state index in [0.29, 0.717) is 0 Å². The minimum absolute atomic E-state index is 0.350. The summed E-state index contributed by atoms with van der Waals surface area (Å²) in [6, 6.07) is 0. The second-order valence-electron chi connectivity index (χ2n) is 2.61. The molecule has 0 bridgehead atoms. The molecule has 0 spiro atoms. The zero-order valence-corrected chi connectivity index (χ0v) is 6.00. The molecule has 0 saturated carbocycles. The highest BCUT2D eigenvalue weighted by Gasteiger charge is 2.32. The fourth-order valence-electron chi connectivity index (χ4n) is 0.482. The summed E-state index contributed by atoms with van der Waals surface area (Å²) in [5, 5.41) is 26.7. The Morgan fingerprint density at radius 1 is 1.11 bits per heavy atom. The molecule has 0 fully saturated rings. The maximum Gasteiger partial charge on any atom is 0.191 e. The van der Waals surface area contributed by atoms with E-state index in [0.717, 1.165) is 0 Å². The van der Waals surface area contributed by atoms with Gasteiger partial charge in [0.25, 0.3) is 0 Å². The molecule has 0 aliphatic rings. The minimum atomic E-state index is -1.94. The van der Waals surface area contributed by atoms with Crippen LogP contribution in [0.25, 0.3) is 0 Å². The third-order valence-corrected chi connectivity index (χ3v) is 1.46. The Balaban J connectivity index is 4.01. The normalized spacial score (nSPS) is 16.3. The summed E-state index contributed by atoms with van der Waals surface area (Å²) in [6.45, 7) is 4.61. The lowest BCUT2D eigenvalue weighted by Gasteiger charge is -2.28. The molecule has 1 unspecified atom stereocenters. The van der Waals surface area contributed by atoms with Crippen LogP contribution in [0.15, 0.2) is 0 Å². The van der Waals surface area contributed by atoms with Crippen molar-refractivity contribution < 1.29 is 15.3 Å². The maximum atomic E-state index is 8.97. The van der Waals surface area contributed by atoms with Crippen LogP contribution in [0.5, 0.6) is 0 Å². The zero-order chi connectivity index (χ0) is 7.65. The number of rotatable bonds is 2. The average molecular weight is 134 g/mol. The molecule has 0 aromatic heterocycles. The zero-order valence-electron chi connectivity index (χ0n) is 6.00. The van der Waals surface area contributed by atoms with Crippen molar-refractivity contribution >= 4 is 0 Å². The SMILES string of the molecule is CC(C)C(O)(O)C(C)O. The second-order valence-corrected chi connectivity index (χ2v) is 2.61. The quantitative estimate of drug-likeness (QED) is 0.454. The van der Waals surface area contributed by atoms with E-state index in [-0.39, 0.29) is 5.92 Å². The van der Waals surface area contributed by atoms with E-state index >= 15 is 0 Å². The van der Waals surface area contributed by atoms with Crippen LogP contribution >= 0.6 is 0 Å². The van der Waals surface area contributed by atoms with Crippen LogP contribution in [0.1, 0.15) is 20.8 Å². The Morgan fingerprint density at radius 2 is 1.44 bits per heavy atom. The second kappa shape index (κ2) is 2.64. The van der Waals surface area contributed by atoms with E-state index in [2.05, 4.69) is 0 Å². The van der Waals surface area contributed by atoms with E-state index < -0.39 is 11.9 Å². The molecule has 0 radical (unpaired) electrons. The fourth-order valence-corrected chi connectivity index (χ4v) is 0.482. The Hall–Kier alpha value is -0.120. The summed E-state index contributed by atoms with van der Waals surface area (Å²) in [7, 11) is 0. The van der Waals surface area contributed by atoms with Gasteiger partial charge in [-0.2, -0.15) is 0 Å². The number of hydrogen-bond acceptors (Lipinski definition) is 3. The Bertz CT molecular complexity index is 76.3. The lowest BCUT2D eigenvalue weighted by atomic mass is 9.99. The Kier molecular flexibility index (Phi) is 2.61. The molecule has 3 heteroatoms. The molecule has 9 heavy (non-hydrogen) atoms. The van der Waals surface area contributed by atoms with Crippen LogP contribution in [0.4, 0.5) is 0 Å². The predicted molar refractivity (Wildman–Crippen MR) is 33.7 cm³/mol. The van der Waals surface area contributed by atoms with Gasteiger partial charge in [-0.15, -0.1) is 0 Å². The summed E-state index contributed by atoms with van der Waals surface area (Å²) in [5.74, 6) is -2.29. The number of aliphatic hydroxyl groups excluding tert-OH is 1. The van der Waals surface area contributed by atoms with Crippen molar-refractivity contribution in [2.45, 2.75) is 32.7 Å². The lowest BCUT2D eigenvalue weighted by molar-refractivity contribution is -0.245. The smallest absolute Gasteiger partial charge is 0.191 e. The molecule has 0 amide bonds. The highest BCUT2D eigenvalue weighted by atomic mass is 16.5. The standard InChI is InChI=1S/C6H14O3/c1-4(2)6(8,9)5(3)7/h4-5,7-9H,1-3H3. The van der Waals surface area contributed by atoms with Gasteiger partial charge < -0.3 is 15.3 Å². The predicted octanol–water partition coefficient (Wildman–Crippen LogP) is -0.296. The van der Waals surface area contributed by atoms with Gasteiger partial charge in [0.15, 0.2) is 5.79 Å². The summed E-state index contributed by atoms with van der Waals surface area (Å²) in [6.07, 6.45) is -1.10. The first-order valence-electron chi connectivity index (χ1n) is 3.01. The van der Waals surface area contributed by atoms with Gasteiger partial charge in [-0.3, -0.25) is 0 Å². The Labute approximate surface area is 54.9 Å². The molecule has 0 aromatic carbocycles. The van der Waals surface area contributed by atoms with Crippen LogP contribution in [0, 0.1) is 5.92 Å². The molecule has 3 nitrogen and oxygen atoms in total. The van der Waals surface area contributed by atoms with E-state index in [4.69, 9.17) is 15.3 Å². The molecule has 1 atom stereocenters. The molecular formula is C6H14O3. The van der Waals surface area contributed by atoms with Crippen molar-refractivity contribution in [1.29, 1.82) is 0 Å². The van der Waals surface area contributed by atoms with Gasteiger partial charge >= 0.3 is 0 Å². The first-order chi connectivity index (χ1) is 3.89. The van der Waals surface area contributed by atoms with Crippen molar-refractivity contribution in [2.75, 3.05) is 0 Å². The van der Waals surface area contributed by atoms with Crippen molar-refractivity contribution in [2.24, 2.45) is 5.92 Å². The van der Waals surface area contributed by atoms with E-state index in [9.17, 15) is 0 Å². The van der Waals surface area contributed by atoms with Gasteiger partial charge in [-0.25, -0.2) is 0 Å². The minimum Gasteiger partial charge on any atom is -0.388 e. The van der Waals surface area contributed by atoms with Crippen LogP contribution in [0.2, 0.25) is 0 Å². The summed E-state index contributed by atoms with van der Waals surface area (Å²) in [5.41, 5.74) is 0. The third kappa shape index (κ3) is 1.93. The third-order valence-electron chi connectivity index (χ3n) is 1.46. The van der Waals surface area contributed by atoms with Crippen molar-refractivity contribution in [3.8, 4) is 0 Å². The molecule has 0 aliphatic carbocycles. The lowest BCUT2D eigenvalue weighted by Crippen LogP contribution is -2.45. The van der Waals surface area contributed by atoms with Crippen LogP contribution in [0.3, 0.4) is 0 Å². The molecule has 3 N–H and O–H groups in total. The number of aliphatic hydroxyl groups is 3. The average Bonchev–Trinajstić information content (AvgIpc) is 1.65. The van der Waals surface area contributed by atoms with E-state index in [1.54, 1.807) is 13.8 Å². The molecule has 0 heterocycles. The van der Waals surface area contributed by atoms with Crippen molar-refractivity contribution in [3.05, 3.63) is 0 Å². The highest BCUT2D eigenvalue weighted by molar-refractivity contribution is 4.73. The monoisotopic (exact) mass is 134 g/mol. The first kappa shape index (κ1) is 8.88. The highest BCUT2D eigenvalue weighted by Crippen LogP contribution is 2.16.